The number of halogens is 2. The van der Waals surface area contributed by atoms with Crippen molar-refractivity contribution in [2.24, 2.45) is 0 Å². The first kappa shape index (κ1) is 17.8. The van der Waals surface area contributed by atoms with Crippen LogP contribution < -0.4 is 14.8 Å². The zero-order valence-electron chi connectivity index (χ0n) is 13.8. The molecule has 2 amide bonds. The number of carbonyl (C=O) groups excluding carboxylic acids is 1. The van der Waals surface area contributed by atoms with Gasteiger partial charge in [-0.1, -0.05) is 0 Å². The average Bonchev–Trinajstić information content (AvgIpc) is 3.10. The fraction of sp³-hybridized carbons (Fsp3) is 0.353. The molecule has 0 unspecified atom stereocenters. The maximum atomic E-state index is 12.4. The van der Waals surface area contributed by atoms with Gasteiger partial charge in [0.05, 0.1) is 12.7 Å². The van der Waals surface area contributed by atoms with Gasteiger partial charge in [-0.05, 0) is 24.3 Å². The number of hydrogen-bond donors (Lipinski definition) is 1. The topological polar surface area (TPSA) is 76.6 Å². The lowest BCUT2D eigenvalue weighted by molar-refractivity contribution is 0.0800. The molecule has 1 aliphatic rings. The molecule has 0 aromatic carbocycles. The minimum Gasteiger partial charge on any atom is -0.487 e. The summed E-state index contributed by atoms with van der Waals surface area (Å²) in [5.74, 6) is 0.609. The van der Waals surface area contributed by atoms with E-state index in [-0.39, 0.29) is 23.7 Å². The minimum atomic E-state index is -2.62. The molecule has 3 rings (SSSR count). The van der Waals surface area contributed by atoms with Gasteiger partial charge in [0.2, 0.25) is 5.88 Å². The number of nitrogens with one attached hydrogen (secondary N) is 1. The summed E-state index contributed by atoms with van der Waals surface area (Å²) in [4.78, 5) is 21.9. The van der Waals surface area contributed by atoms with Crippen LogP contribution in [-0.2, 0) is 0 Å². The van der Waals surface area contributed by atoms with E-state index >= 15 is 0 Å². The van der Waals surface area contributed by atoms with Gasteiger partial charge in [0, 0.05) is 25.4 Å². The number of hydrogen-bond acceptors (Lipinski definition) is 5. The number of anilines is 1. The van der Waals surface area contributed by atoms with Gasteiger partial charge in [-0.2, -0.15) is 0 Å². The Hall–Kier alpha value is -2.97. The molecule has 7 nitrogen and oxygen atoms in total. The van der Waals surface area contributed by atoms with E-state index in [2.05, 4.69) is 15.3 Å². The summed E-state index contributed by atoms with van der Waals surface area (Å²) < 4.78 is 35.4. The molecule has 0 aliphatic carbocycles. The maximum Gasteiger partial charge on any atom is 0.322 e. The monoisotopic (exact) mass is 364 g/mol. The van der Waals surface area contributed by atoms with E-state index in [1.807, 2.05) is 0 Å². The molecular weight excluding hydrogens is 346 g/mol. The molecule has 3 heterocycles. The number of aromatic nitrogens is 2. The predicted molar refractivity (Wildman–Crippen MR) is 89.6 cm³/mol. The van der Waals surface area contributed by atoms with Crippen molar-refractivity contribution in [3.63, 3.8) is 0 Å². The Labute approximate surface area is 149 Å². The van der Waals surface area contributed by atoms with E-state index in [0.717, 1.165) is 0 Å². The van der Waals surface area contributed by atoms with Gasteiger partial charge >= 0.3 is 6.03 Å². The second-order valence-electron chi connectivity index (χ2n) is 5.65. The molecule has 9 heteroatoms. The lowest BCUT2D eigenvalue weighted by Crippen LogP contribution is -2.34. The summed E-state index contributed by atoms with van der Waals surface area (Å²) in [6, 6.07) is 6.35. The number of likely N-dealkylation sites (tertiary alicyclic amines) is 1. The molecule has 0 radical (unpaired) electrons. The third-order valence-electron chi connectivity index (χ3n) is 3.73. The van der Waals surface area contributed by atoms with E-state index in [4.69, 9.17) is 9.47 Å². The van der Waals surface area contributed by atoms with E-state index in [9.17, 15) is 13.6 Å². The summed E-state index contributed by atoms with van der Waals surface area (Å²) in [7, 11) is 0. The fourth-order valence-corrected chi connectivity index (χ4v) is 2.56. The highest BCUT2D eigenvalue weighted by atomic mass is 19.3. The highest BCUT2D eigenvalue weighted by molar-refractivity contribution is 5.90. The SMILES string of the molecule is O=C(Nc1cccnc1OCC(F)F)N1CC[C@H](Oc2cccnc2)C1. The quantitative estimate of drug-likeness (QED) is 0.853. The first-order valence-electron chi connectivity index (χ1n) is 8.10. The largest absolute Gasteiger partial charge is 0.487 e. The van der Waals surface area contributed by atoms with Crippen molar-refractivity contribution in [2.45, 2.75) is 19.0 Å². The summed E-state index contributed by atoms with van der Waals surface area (Å²) in [6.07, 6.45) is 2.61. The summed E-state index contributed by atoms with van der Waals surface area (Å²) in [5.41, 5.74) is 0.245. The molecule has 1 N–H and O–H groups in total. The summed E-state index contributed by atoms with van der Waals surface area (Å²) in [6.45, 7) is 0.142. The lowest BCUT2D eigenvalue weighted by atomic mass is 10.3. The number of carbonyl (C=O) groups is 1. The molecule has 1 saturated heterocycles. The Morgan fingerprint density at radius 3 is 2.96 bits per heavy atom. The molecule has 1 fully saturated rings. The molecule has 1 aliphatic heterocycles. The Kier molecular flexibility index (Phi) is 5.77. The van der Waals surface area contributed by atoms with Crippen LogP contribution in [0.15, 0.2) is 42.9 Å². The number of ether oxygens (including phenoxy) is 2. The minimum absolute atomic E-state index is 0.0384. The molecule has 0 saturated carbocycles. The molecule has 2 aromatic rings. The third kappa shape index (κ3) is 4.78. The Bertz CT molecular complexity index is 733. The van der Waals surface area contributed by atoms with Crippen LogP contribution in [0.5, 0.6) is 11.6 Å². The van der Waals surface area contributed by atoms with Crippen molar-refractivity contribution in [3.8, 4) is 11.6 Å². The smallest absolute Gasteiger partial charge is 0.322 e. The van der Waals surface area contributed by atoms with Crippen LogP contribution in [0.1, 0.15) is 6.42 Å². The lowest BCUT2D eigenvalue weighted by Gasteiger charge is -2.18. The second-order valence-corrected chi connectivity index (χ2v) is 5.65. The number of nitrogens with zero attached hydrogens (tertiary/aromatic N) is 3. The fourth-order valence-electron chi connectivity index (χ4n) is 2.56. The van der Waals surface area contributed by atoms with E-state index in [0.29, 0.717) is 25.3 Å². The van der Waals surface area contributed by atoms with Crippen LogP contribution in [0.3, 0.4) is 0 Å². The highest BCUT2D eigenvalue weighted by Gasteiger charge is 2.28. The number of alkyl halides is 2. The number of pyridine rings is 2. The normalized spacial score (nSPS) is 16.6. The Morgan fingerprint density at radius 1 is 1.35 bits per heavy atom. The van der Waals surface area contributed by atoms with E-state index in [1.165, 1.54) is 6.20 Å². The van der Waals surface area contributed by atoms with Gasteiger partial charge in [0.1, 0.15) is 17.5 Å². The van der Waals surface area contributed by atoms with Gasteiger partial charge in [-0.15, -0.1) is 0 Å². The van der Waals surface area contributed by atoms with Gasteiger partial charge < -0.3 is 19.7 Å². The highest BCUT2D eigenvalue weighted by Crippen LogP contribution is 2.23. The van der Waals surface area contributed by atoms with Crippen LogP contribution in [0.4, 0.5) is 19.3 Å². The van der Waals surface area contributed by atoms with Crippen molar-refractivity contribution >= 4 is 11.7 Å². The average molecular weight is 364 g/mol. The first-order chi connectivity index (χ1) is 12.6. The van der Waals surface area contributed by atoms with Gasteiger partial charge in [-0.3, -0.25) is 4.98 Å². The maximum absolute atomic E-state index is 12.4. The third-order valence-corrected chi connectivity index (χ3v) is 3.73. The van der Waals surface area contributed by atoms with E-state index < -0.39 is 13.0 Å². The number of urea groups is 1. The zero-order valence-corrected chi connectivity index (χ0v) is 13.8. The van der Waals surface area contributed by atoms with Crippen molar-refractivity contribution in [3.05, 3.63) is 42.9 Å². The van der Waals surface area contributed by atoms with Gasteiger partial charge in [0.15, 0.2) is 6.61 Å². The van der Waals surface area contributed by atoms with Crippen LogP contribution in [0.25, 0.3) is 0 Å². The molecule has 2 aromatic heterocycles. The van der Waals surface area contributed by atoms with Gasteiger partial charge in [-0.25, -0.2) is 18.6 Å². The molecule has 138 valence electrons. The zero-order chi connectivity index (χ0) is 18.4. The van der Waals surface area contributed by atoms with Gasteiger partial charge in [0.25, 0.3) is 6.43 Å². The summed E-state index contributed by atoms with van der Waals surface area (Å²) >= 11 is 0. The standard InChI is InChI=1S/C17H18F2N4O3/c18-15(19)11-25-16-14(4-2-7-21-16)22-17(24)23-8-5-13(10-23)26-12-3-1-6-20-9-12/h1-4,6-7,9,13,15H,5,8,10-11H2,(H,22,24)/t13-/m0/s1. The molecule has 0 spiro atoms. The second kappa shape index (κ2) is 8.41. The van der Waals surface area contributed by atoms with Crippen molar-refractivity contribution < 1.29 is 23.0 Å². The van der Waals surface area contributed by atoms with Crippen molar-refractivity contribution in [1.82, 2.24) is 14.9 Å². The molecule has 1 atom stereocenters. The Morgan fingerprint density at radius 2 is 2.19 bits per heavy atom. The number of amides is 2. The molecule has 0 bridgehead atoms. The van der Waals surface area contributed by atoms with Crippen LogP contribution in [0.2, 0.25) is 0 Å². The Balaban J connectivity index is 1.56. The van der Waals surface area contributed by atoms with E-state index in [1.54, 1.807) is 41.6 Å². The van der Waals surface area contributed by atoms with Crippen molar-refractivity contribution in [1.29, 1.82) is 0 Å². The van der Waals surface area contributed by atoms with Crippen LogP contribution >= 0.6 is 0 Å². The molecular formula is C17H18F2N4O3. The predicted octanol–water partition coefficient (Wildman–Crippen LogP) is 2.81. The summed E-state index contributed by atoms with van der Waals surface area (Å²) in [5, 5.41) is 2.65. The van der Waals surface area contributed by atoms with Crippen LogP contribution in [0, 0.1) is 0 Å². The number of rotatable bonds is 6. The van der Waals surface area contributed by atoms with Crippen LogP contribution in [-0.4, -0.2) is 53.1 Å². The van der Waals surface area contributed by atoms with Crippen molar-refractivity contribution in [2.75, 3.05) is 25.0 Å². The first-order valence-corrected chi connectivity index (χ1v) is 8.10. The molecule has 26 heavy (non-hydrogen) atoms.